The predicted octanol–water partition coefficient (Wildman–Crippen LogP) is 2.16. The van der Waals surface area contributed by atoms with Crippen LogP contribution in [0.1, 0.15) is 189 Å². The Hall–Kier alpha value is -2.81. The number of aliphatic hydroxyl groups excluding tert-OH is 8. The lowest BCUT2D eigenvalue weighted by molar-refractivity contribution is -0.332. The minimum absolute atomic E-state index is 0.0514. The molecule has 0 radical (unpaired) electrons. The Morgan fingerprint density at radius 3 is 1.00 bits per heavy atom. The van der Waals surface area contributed by atoms with E-state index < -0.39 is 250 Å². The molecule has 4 unspecified atom stereocenters. The number of unbranched alkanes of at least 4 members (excludes halogenated alkanes) is 20. The number of rotatable bonds is 64. The standard InChI is InChI=1S/C64H123N3O38P4/c1-6-8-10-12-14-16-18-20-22-24-26-28-52(70)89-32-46(100-53(71)29-27-25-23-21-19-17-15-13-11-9-7-2)33-90-63-58(76)56(74)54(72)50(104-63)40-91-64-59(77)57(75)55(73)51(105-64)41-99-109(87,88)98-39-49(103-62(80)44(5)67)38-97-108(85,86)96-37-48(102-61(79)43(4)66)36-95-107(83,84)94-35-47(101-60(78)42(3)65)34-93-106(81,82)92-31-45(69)30-68/h42-51,54-59,63-64,68-69,72-77H,6-41,65-67H2,1-5H3,(H,81,82)(H,83,84)(H,85,86)(H,87,88)/t42-,43-,44-,45+,46-,47+,48+,49+,50-,51-,54-,55-,56+,57+,58-,59-,63-,64-/m1/s1. The molecule has 0 aliphatic carbocycles. The fourth-order valence-electron chi connectivity index (χ4n) is 10.0. The molecule has 0 bridgehead atoms. The molecular formula is C64H123N3O38P4. The molecule has 0 spiro atoms. The molecule has 2 aliphatic rings. The summed E-state index contributed by atoms with van der Waals surface area (Å²) in [4.78, 5) is 105. The minimum atomic E-state index is -5.48. The van der Waals surface area contributed by atoms with Crippen molar-refractivity contribution in [1.82, 2.24) is 0 Å². The highest BCUT2D eigenvalue weighted by atomic mass is 31.2. The Balaban J connectivity index is 2.12. The first-order valence-corrected chi connectivity index (χ1v) is 43.0. The molecule has 0 saturated carbocycles. The van der Waals surface area contributed by atoms with Crippen LogP contribution < -0.4 is 17.2 Å². The average Bonchev–Trinajstić information content (AvgIpc) is 0.806. The molecule has 2 saturated heterocycles. The van der Waals surface area contributed by atoms with Gasteiger partial charge in [-0.2, -0.15) is 0 Å². The van der Waals surface area contributed by atoms with Crippen LogP contribution in [0.5, 0.6) is 0 Å². The van der Waals surface area contributed by atoms with Crippen LogP contribution in [-0.4, -0.2) is 280 Å². The van der Waals surface area contributed by atoms with E-state index in [4.69, 9.17) is 92.1 Å². The smallest absolute Gasteiger partial charge is 0.462 e. The second kappa shape index (κ2) is 55.7. The van der Waals surface area contributed by atoms with Crippen molar-refractivity contribution in [2.75, 3.05) is 79.3 Å². The second-order valence-electron chi connectivity index (χ2n) is 26.7. The Labute approximate surface area is 635 Å². The van der Waals surface area contributed by atoms with Crippen LogP contribution in [0.15, 0.2) is 0 Å². The highest BCUT2D eigenvalue weighted by Crippen LogP contribution is 2.48. The molecule has 2 fully saturated rings. The molecule has 0 amide bonds. The highest BCUT2D eigenvalue weighted by molar-refractivity contribution is 7.48. The fourth-order valence-corrected chi connectivity index (χ4v) is 13.2. The van der Waals surface area contributed by atoms with Crippen molar-refractivity contribution in [3.8, 4) is 0 Å². The molecule has 0 aromatic heterocycles. The summed E-state index contributed by atoms with van der Waals surface area (Å²) in [6.07, 6.45) is -4.42. The molecule has 109 heavy (non-hydrogen) atoms. The zero-order chi connectivity index (χ0) is 81.8. The molecule has 41 nitrogen and oxygen atoms in total. The topological polar surface area (TPSA) is 631 Å². The zero-order valence-electron chi connectivity index (χ0n) is 62.9. The van der Waals surface area contributed by atoms with Gasteiger partial charge in [0.05, 0.1) is 72.7 Å². The van der Waals surface area contributed by atoms with E-state index >= 15 is 0 Å². The van der Waals surface area contributed by atoms with Gasteiger partial charge in [0, 0.05) is 12.8 Å². The Kier molecular flexibility index (Phi) is 52.3. The maximum absolute atomic E-state index is 13.3. The maximum Gasteiger partial charge on any atom is 0.472 e. The summed E-state index contributed by atoms with van der Waals surface area (Å²) in [6, 6.07) is -4.13. The average molecular weight is 1670 g/mol. The van der Waals surface area contributed by atoms with Gasteiger partial charge in [-0.25, -0.2) is 18.3 Å². The van der Waals surface area contributed by atoms with Crippen LogP contribution in [0.25, 0.3) is 0 Å². The number of aliphatic hydroxyl groups is 8. The van der Waals surface area contributed by atoms with Crippen molar-refractivity contribution in [1.29, 1.82) is 0 Å². The van der Waals surface area contributed by atoms with Crippen LogP contribution in [0.2, 0.25) is 0 Å². The number of hydrogen-bond donors (Lipinski definition) is 15. The molecule has 2 aliphatic heterocycles. The predicted molar refractivity (Wildman–Crippen MR) is 379 cm³/mol. The van der Waals surface area contributed by atoms with E-state index in [2.05, 4.69) is 22.9 Å². The summed E-state index contributed by atoms with van der Waals surface area (Å²) in [5.74, 6) is -4.80. The van der Waals surface area contributed by atoms with Crippen molar-refractivity contribution in [2.24, 2.45) is 17.2 Å². The van der Waals surface area contributed by atoms with Crippen molar-refractivity contribution in [3.05, 3.63) is 0 Å². The first-order chi connectivity index (χ1) is 51.3. The SMILES string of the molecule is CCCCCCCCCCCCCC(=O)OC[C@H](CO[C@@H]1O[C@H](CO[C@@H]2O[C@H](COP(=O)(O)OC[C@H](COP(=O)(O)OC[C@H](COP(=O)(O)OC[C@H](COP(=O)(O)OC[C@@H](O)CO)OC(=O)[C@@H](C)N)OC(=O)[C@@H](C)N)OC(=O)[C@@H](C)N)[C@@H](O)[C@H](O)[C@H]2O)[C@@H](O)[C@H](O)[C@H]1O)OC(=O)CCCCCCCCCCCCC. The monoisotopic (exact) mass is 1670 g/mol. The molecule has 642 valence electrons. The lowest BCUT2D eigenvalue weighted by atomic mass is 9.98. The summed E-state index contributed by atoms with van der Waals surface area (Å²) in [7, 11) is -21.4. The van der Waals surface area contributed by atoms with Gasteiger partial charge in [0.2, 0.25) is 0 Å². The molecule has 18 N–H and O–H groups in total. The number of esters is 5. The Morgan fingerprint density at radius 1 is 0.367 bits per heavy atom. The first-order valence-electron chi connectivity index (χ1n) is 37.0. The second-order valence-corrected chi connectivity index (χ2v) is 32.5. The molecular weight excluding hydrogens is 1540 g/mol. The summed E-state index contributed by atoms with van der Waals surface area (Å²) >= 11 is 0. The van der Waals surface area contributed by atoms with Crippen molar-refractivity contribution < 1.29 is 181 Å². The first kappa shape index (κ1) is 102. The third kappa shape index (κ3) is 45.9. The summed E-state index contributed by atoms with van der Waals surface area (Å²) in [5, 5.41) is 83.9. The van der Waals surface area contributed by atoms with Gasteiger partial charge in [0.15, 0.2) is 18.7 Å². The van der Waals surface area contributed by atoms with Gasteiger partial charge in [0.1, 0.15) is 98.0 Å². The van der Waals surface area contributed by atoms with Crippen LogP contribution in [0.3, 0.4) is 0 Å². The Bertz CT molecular complexity index is 2740. The lowest BCUT2D eigenvalue weighted by Gasteiger charge is -2.43. The summed E-state index contributed by atoms with van der Waals surface area (Å²) in [5.41, 5.74) is 16.6. The zero-order valence-corrected chi connectivity index (χ0v) is 66.4. The molecule has 22 atom stereocenters. The normalized spacial score (nSPS) is 24.8. The Morgan fingerprint density at radius 2 is 0.661 bits per heavy atom. The number of phosphoric ester groups is 4. The number of hydrogen-bond acceptors (Lipinski definition) is 37. The van der Waals surface area contributed by atoms with E-state index in [1.165, 1.54) is 77.6 Å². The lowest BCUT2D eigenvalue weighted by Crippen LogP contribution is -2.62. The van der Waals surface area contributed by atoms with Crippen LogP contribution in [0, 0.1) is 0 Å². The molecule has 2 heterocycles. The van der Waals surface area contributed by atoms with E-state index in [0.717, 1.165) is 71.6 Å². The number of carbonyl (C=O) groups excluding carboxylic acids is 5. The van der Waals surface area contributed by atoms with E-state index in [1.807, 2.05) is 0 Å². The van der Waals surface area contributed by atoms with Crippen molar-refractivity contribution in [3.63, 3.8) is 0 Å². The number of carbonyl (C=O) groups is 5. The number of ether oxygens (including phenoxy) is 9. The van der Waals surface area contributed by atoms with E-state index in [1.54, 1.807) is 0 Å². The van der Waals surface area contributed by atoms with Crippen LogP contribution in [-0.2, 0) is 121 Å². The number of phosphoric acid groups is 4. The van der Waals surface area contributed by atoms with Crippen molar-refractivity contribution >= 4 is 61.1 Å². The third-order valence-electron chi connectivity index (χ3n) is 16.5. The molecule has 0 aromatic carbocycles. The number of nitrogens with two attached hydrogens (primary N) is 3. The fraction of sp³-hybridized carbons (Fsp3) is 0.922. The maximum atomic E-state index is 13.3. The third-order valence-corrected chi connectivity index (χ3v) is 20.3. The largest absolute Gasteiger partial charge is 0.472 e. The van der Waals surface area contributed by atoms with Gasteiger partial charge >= 0.3 is 61.1 Å². The van der Waals surface area contributed by atoms with Crippen LogP contribution in [0.4, 0.5) is 0 Å². The van der Waals surface area contributed by atoms with Gasteiger partial charge in [-0.3, -0.25) is 60.2 Å². The minimum Gasteiger partial charge on any atom is -0.462 e. The quantitative estimate of drug-likeness (QED) is 0.0179. The van der Waals surface area contributed by atoms with E-state index in [9.17, 15) is 97.6 Å². The highest BCUT2D eigenvalue weighted by Gasteiger charge is 2.49. The molecule has 0 aromatic rings. The van der Waals surface area contributed by atoms with Crippen molar-refractivity contribution in [2.45, 2.75) is 299 Å². The van der Waals surface area contributed by atoms with Gasteiger partial charge < -0.3 is 120 Å². The van der Waals surface area contributed by atoms with E-state index in [0.29, 0.717) is 12.8 Å². The van der Waals surface area contributed by atoms with Gasteiger partial charge in [0.25, 0.3) is 0 Å². The van der Waals surface area contributed by atoms with Gasteiger partial charge in [-0.05, 0) is 33.6 Å². The molecule has 45 heteroatoms. The summed E-state index contributed by atoms with van der Waals surface area (Å²) in [6.45, 7) is -4.10. The van der Waals surface area contributed by atoms with Gasteiger partial charge in [-0.15, -0.1) is 0 Å². The van der Waals surface area contributed by atoms with E-state index in [-0.39, 0.29) is 12.8 Å². The van der Waals surface area contributed by atoms with Gasteiger partial charge in [-0.1, -0.05) is 142 Å². The van der Waals surface area contributed by atoms with Crippen LogP contribution >= 0.6 is 31.3 Å². The summed E-state index contributed by atoms with van der Waals surface area (Å²) < 4.78 is 139. The molecule has 2 rings (SSSR count).